The van der Waals surface area contributed by atoms with Crippen LogP contribution in [0.2, 0.25) is 0 Å². The fraction of sp³-hybridized carbons (Fsp3) is 0.333. The van der Waals surface area contributed by atoms with Crippen molar-refractivity contribution in [1.29, 1.82) is 0 Å². The van der Waals surface area contributed by atoms with Crippen LogP contribution in [-0.2, 0) is 4.79 Å². The lowest BCUT2D eigenvalue weighted by atomic mass is 10.1. The Morgan fingerprint density at radius 3 is 2.37 bits per heavy atom. The first-order valence-electron chi connectivity index (χ1n) is 6.24. The molecule has 1 unspecified atom stereocenters. The maximum atomic E-state index is 12.1. The Balaban J connectivity index is 2.81. The van der Waals surface area contributed by atoms with E-state index >= 15 is 0 Å². The van der Waals surface area contributed by atoms with Gasteiger partial charge in [-0.1, -0.05) is 19.1 Å². The monoisotopic (exact) mass is 261 g/mol. The largest absolute Gasteiger partial charge is 0.478 e. The molecule has 102 valence electrons. The van der Waals surface area contributed by atoms with Gasteiger partial charge in [-0.05, 0) is 37.1 Å². The highest BCUT2D eigenvalue weighted by Crippen LogP contribution is 2.11. The van der Waals surface area contributed by atoms with Crippen LogP contribution in [0.1, 0.15) is 36.2 Å². The average molecular weight is 261 g/mol. The Hall–Kier alpha value is -2.10. The highest BCUT2D eigenvalue weighted by atomic mass is 16.4. The predicted octanol–water partition coefficient (Wildman–Crippen LogP) is 2.65. The van der Waals surface area contributed by atoms with Crippen LogP contribution in [0.25, 0.3) is 6.08 Å². The molecule has 1 aromatic rings. The van der Waals surface area contributed by atoms with E-state index in [2.05, 4.69) is 0 Å². The number of aliphatic carboxylic acids is 1. The molecule has 1 rings (SSSR count). The fourth-order valence-electron chi connectivity index (χ4n) is 1.58. The van der Waals surface area contributed by atoms with Crippen LogP contribution < -0.4 is 0 Å². The second-order valence-corrected chi connectivity index (χ2v) is 4.47. The van der Waals surface area contributed by atoms with Crippen molar-refractivity contribution in [1.82, 2.24) is 4.90 Å². The highest BCUT2D eigenvalue weighted by molar-refractivity contribution is 5.94. The number of amides is 1. The van der Waals surface area contributed by atoms with E-state index in [0.717, 1.165) is 18.1 Å². The summed E-state index contributed by atoms with van der Waals surface area (Å²) in [6, 6.07) is 7.08. The van der Waals surface area contributed by atoms with E-state index in [1.807, 2.05) is 13.8 Å². The van der Waals surface area contributed by atoms with E-state index in [1.54, 1.807) is 36.2 Å². The highest BCUT2D eigenvalue weighted by Gasteiger charge is 2.15. The maximum absolute atomic E-state index is 12.1. The zero-order valence-electron chi connectivity index (χ0n) is 11.5. The van der Waals surface area contributed by atoms with E-state index in [0.29, 0.717) is 5.56 Å². The molecular formula is C15H19NO3. The molecule has 19 heavy (non-hydrogen) atoms. The lowest BCUT2D eigenvalue weighted by Gasteiger charge is -2.23. The Morgan fingerprint density at radius 2 is 1.89 bits per heavy atom. The number of carbonyl (C=O) groups excluding carboxylic acids is 1. The first-order chi connectivity index (χ1) is 8.95. The number of hydrogen-bond donors (Lipinski definition) is 1. The van der Waals surface area contributed by atoms with Crippen LogP contribution in [-0.4, -0.2) is 35.0 Å². The Kier molecular flexibility index (Phi) is 5.30. The van der Waals surface area contributed by atoms with Crippen molar-refractivity contribution >= 4 is 18.0 Å². The summed E-state index contributed by atoms with van der Waals surface area (Å²) in [5.41, 5.74) is 1.36. The first kappa shape index (κ1) is 15.0. The van der Waals surface area contributed by atoms with Gasteiger partial charge < -0.3 is 10.0 Å². The lowest BCUT2D eigenvalue weighted by Crippen LogP contribution is -2.34. The molecule has 0 heterocycles. The van der Waals surface area contributed by atoms with Crippen molar-refractivity contribution in [2.45, 2.75) is 26.3 Å². The van der Waals surface area contributed by atoms with Gasteiger partial charge in [0, 0.05) is 24.7 Å². The molecule has 4 nitrogen and oxygen atoms in total. The molecule has 4 heteroatoms. The van der Waals surface area contributed by atoms with Crippen LogP contribution in [0.4, 0.5) is 0 Å². The van der Waals surface area contributed by atoms with Crippen molar-refractivity contribution in [2.24, 2.45) is 0 Å². The Morgan fingerprint density at radius 1 is 1.32 bits per heavy atom. The normalized spacial score (nSPS) is 12.4. The third-order valence-corrected chi connectivity index (χ3v) is 3.15. The second-order valence-electron chi connectivity index (χ2n) is 4.47. The first-order valence-corrected chi connectivity index (χ1v) is 6.24. The SMILES string of the molecule is CCC(C)N(C)C(=O)c1ccc(C=CC(=O)O)cc1. The van der Waals surface area contributed by atoms with Crippen LogP contribution in [0.5, 0.6) is 0 Å². The molecule has 1 aromatic carbocycles. The van der Waals surface area contributed by atoms with Gasteiger partial charge in [0.05, 0.1) is 0 Å². The third kappa shape index (κ3) is 4.25. The van der Waals surface area contributed by atoms with Crippen LogP contribution in [0, 0.1) is 0 Å². The number of nitrogens with zero attached hydrogens (tertiary/aromatic N) is 1. The van der Waals surface area contributed by atoms with Gasteiger partial charge in [0.1, 0.15) is 0 Å². The molecule has 1 atom stereocenters. The molecule has 0 saturated carbocycles. The Labute approximate surface area is 113 Å². The van der Waals surface area contributed by atoms with Crippen LogP contribution in [0.15, 0.2) is 30.3 Å². The molecule has 0 fully saturated rings. The molecule has 0 aliphatic heterocycles. The molecule has 1 N–H and O–H groups in total. The Bertz CT molecular complexity index is 477. The van der Waals surface area contributed by atoms with Gasteiger partial charge >= 0.3 is 5.97 Å². The summed E-state index contributed by atoms with van der Waals surface area (Å²) in [5, 5.41) is 8.53. The number of carboxylic acids is 1. The maximum Gasteiger partial charge on any atom is 0.328 e. The topological polar surface area (TPSA) is 57.6 Å². The molecule has 1 amide bonds. The van der Waals surface area contributed by atoms with E-state index < -0.39 is 5.97 Å². The van der Waals surface area contributed by atoms with Gasteiger partial charge in [-0.3, -0.25) is 4.79 Å². The van der Waals surface area contributed by atoms with Crippen molar-refractivity contribution in [2.75, 3.05) is 7.05 Å². The smallest absolute Gasteiger partial charge is 0.328 e. The van der Waals surface area contributed by atoms with Crippen molar-refractivity contribution in [3.8, 4) is 0 Å². The number of hydrogen-bond acceptors (Lipinski definition) is 2. The van der Waals surface area contributed by atoms with E-state index in [-0.39, 0.29) is 11.9 Å². The van der Waals surface area contributed by atoms with Gasteiger partial charge in [0.2, 0.25) is 0 Å². The molecule has 0 aliphatic carbocycles. The summed E-state index contributed by atoms with van der Waals surface area (Å²) >= 11 is 0. The number of carboxylic acid groups (broad SMARTS) is 1. The minimum absolute atomic E-state index is 0.0249. The lowest BCUT2D eigenvalue weighted by molar-refractivity contribution is -0.131. The molecule has 0 aliphatic rings. The number of rotatable bonds is 5. The van der Waals surface area contributed by atoms with Crippen molar-refractivity contribution < 1.29 is 14.7 Å². The van der Waals surface area contributed by atoms with Gasteiger partial charge in [0.25, 0.3) is 5.91 Å². The van der Waals surface area contributed by atoms with E-state index in [4.69, 9.17) is 5.11 Å². The molecule has 0 radical (unpaired) electrons. The van der Waals surface area contributed by atoms with E-state index in [1.165, 1.54) is 6.08 Å². The average Bonchev–Trinajstić information content (AvgIpc) is 2.43. The van der Waals surface area contributed by atoms with Crippen LogP contribution in [0.3, 0.4) is 0 Å². The van der Waals surface area contributed by atoms with Crippen molar-refractivity contribution in [3.63, 3.8) is 0 Å². The zero-order chi connectivity index (χ0) is 14.4. The van der Waals surface area contributed by atoms with Gasteiger partial charge in [-0.2, -0.15) is 0 Å². The van der Waals surface area contributed by atoms with Crippen molar-refractivity contribution in [3.05, 3.63) is 41.5 Å². The molecule has 0 saturated heterocycles. The van der Waals surface area contributed by atoms with Crippen LogP contribution >= 0.6 is 0 Å². The molecule has 0 bridgehead atoms. The quantitative estimate of drug-likeness (QED) is 0.829. The summed E-state index contributed by atoms with van der Waals surface area (Å²) < 4.78 is 0. The summed E-state index contributed by atoms with van der Waals surface area (Å²) in [6.45, 7) is 4.04. The zero-order valence-corrected chi connectivity index (χ0v) is 11.5. The number of benzene rings is 1. The predicted molar refractivity (Wildman–Crippen MR) is 75.0 cm³/mol. The summed E-state index contributed by atoms with van der Waals surface area (Å²) in [5.74, 6) is -1.01. The van der Waals surface area contributed by atoms with Gasteiger partial charge in [-0.15, -0.1) is 0 Å². The molecule has 0 spiro atoms. The minimum Gasteiger partial charge on any atom is -0.478 e. The molecular weight excluding hydrogens is 242 g/mol. The van der Waals surface area contributed by atoms with E-state index in [9.17, 15) is 9.59 Å². The number of carbonyl (C=O) groups is 2. The summed E-state index contributed by atoms with van der Waals surface area (Å²) in [4.78, 5) is 24.2. The fourth-order valence-corrected chi connectivity index (χ4v) is 1.58. The molecule has 0 aromatic heterocycles. The standard InChI is InChI=1S/C15H19NO3/c1-4-11(2)16(3)15(19)13-8-5-12(6-9-13)7-10-14(17)18/h5-11H,4H2,1-3H3,(H,17,18). The minimum atomic E-state index is -0.989. The summed E-state index contributed by atoms with van der Waals surface area (Å²) in [6.07, 6.45) is 3.47. The summed E-state index contributed by atoms with van der Waals surface area (Å²) in [7, 11) is 1.79. The van der Waals surface area contributed by atoms with Gasteiger partial charge in [0.15, 0.2) is 0 Å². The third-order valence-electron chi connectivity index (χ3n) is 3.15. The second kappa shape index (κ2) is 6.73. The van der Waals surface area contributed by atoms with Gasteiger partial charge in [-0.25, -0.2) is 4.79 Å².